The lowest BCUT2D eigenvalue weighted by Crippen LogP contribution is -2.51. The van der Waals surface area contributed by atoms with Crippen LogP contribution < -0.4 is 5.32 Å². The van der Waals surface area contributed by atoms with E-state index in [1.807, 2.05) is 36.9 Å². The van der Waals surface area contributed by atoms with Crippen molar-refractivity contribution in [1.29, 1.82) is 0 Å². The molecule has 2 rings (SSSR count). The summed E-state index contributed by atoms with van der Waals surface area (Å²) in [5.41, 5.74) is 1.96. The minimum absolute atomic E-state index is 0.166. The molecule has 0 bridgehead atoms. The van der Waals surface area contributed by atoms with Crippen LogP contribution in [0.5, 0.6) is 0 Å². The zero-order valence-corrected chi connectivity index (χ0v) is 10.4. The molecule has 1 amide bonds. The number of rotatable bonds is 4. The molecular formula is C13H19N3O. The SMILES string of the molecule is CCN(Cc1cccc(C)n1)C(=O)C1CNC1. The molecule has 2 heterocycles. The van der Waals surface area contributed by atoms with Crippen molar-refractivity contribution in [2.24, 2.45) is 5.92 Å². The Hall–Kier alpha value is -1.42. The minimum Gasteiger partial charge on any atom is -0.337 e. The maximum absolute atomic E-state index is 12.1. The van der Waals surface area contributed by atoms with E-state index in [-0.39, 0.29) is 11.8 Å². The summed E-state index contributed by atoms with van der Waals surface area (Å²) in [4.78, 5) is 18.4. The van der Waals surface area contributed by atoms with Gasteiger partial charge >= 0.3 is 0 Å². The number of aryl methyl sites for hydroxylation is 1. The van der Waals surface area contributed by atoms with Crippen LogP contribution in [0, 0.1) is 12.8 Å². The molecule has 1 saturated heterocycles. The van der Waals surface area contributed by atoms with Crippen molar-refractivity contribution in [2.45, 2.75) is 20.4 Å². The van der Waals surface area contributed by atoms with E-state index in [1.54, 1.807) is 0 Å². The van der Waals surface area contributed by atoms with Gasteiger partial charge < -0.3 is 10.2 Å². The Labute approximate surface area is 102 Å². The van der Waals surface area contributed by atoms with E-state index in [0.29, 0.717) is 6.54 Å². The van der Waals surface area contributed by atoms with Gasteiger partial charge in [0.15, 0.2) is 0 Å². The van der Waals surface area contributed by atoms with Crippen molar-refractivity contribution in [2.75, 3.05) is 19.6 Å². The Morgan fingerprint density at radius 1 is 1.53 bits per heavy atom. The summed E-state index contributed by atoms with van der Waals surface area (Å²) in [5, 5.41) is 3.13. The van der Waals surface area contributed by atoms with Gasteiger partial charge in [0.1, 0.15) is 0 Å². The van der Waals surface area contributed by atoms with Gasteiger partial charge in [-0.05, 0) is 26.0 Å². The first-order valence-corrected chi connectivity index (χ1v) is 6.12. The molecular weight excluding hydrogens is 214 g/mol. The van der Waals surface area contributed by atoms with Crippen LogP contribution in [0.3, 0.4) is 0 Å². The molecule has 0 saturated carbocycles. The molecule has 4 nitrogen and oxygen atoms in total. The summed E-state index contributed by atoms with van der Waals surface area (Å²) in [5.74, 6) is 0.411. The van der Waals surface area contributed by atoms with E-state index in [4.69, 9.17) is 0 Å². The summed E-state index contributed by atoms with van der Waals surface area (Å²) in [6, 6.07) is 5.93. The average Bonchev–Trinajstić information content (AvgIpc) is 2.23. The second-order valence-corrected chi connectivity index (χ2v) is 4.48. The number of pyridine rings is 1. The molecule has 17 heavy (non-hydrogen) atoms. The summed E-state index contributed by atoms with van der Waals surface area (Å²) in [6.07, 6.45) is 0. The fraction of sp³-hybridized carbons (Fsp3) is 0.538. The first-order valence-electron chi connectivity index (χ1n) is 6.12. The number of aromatic nitrogens is 1. The molecule has 0 atom stereocenters. The molecule has 0 spiro atoms. The Bertz CT molecular complexity index is 401. The first kappa shape index (κ1) is 12.0. The van der Waals surface area contributed by atoms with Crippen molar-refractivity contribution in [3.8, 4) is 0 Å². The van der Waals surface area contributed by atoms with Crippen LogP contribution in [-0.2, 0) is 11.3 Å². The zero-order valence-electron chi connectivity index (χ0n) is 10.4. The zero-order chi connectivity index (χ0) is 12.3. The van der Waals surface area contributed by atoms with Crippen molar-refractivity contribution >= 4 is 5.91 Å². The lowest BCUT2D eigenvalue weighted by Gasteiger charge is -2.31. The Morgan fingerprint density at radius 2 is 2.29 bits per heavy atom. The molecule has 1 N–H and O–H groups in total. The van der Waals surface area contributed by atoms with E-state index in [1.165, 1.54) is 0 Å². The minimum atomic E-state index is 0.166. The van der Waals surface area contributed by atoms with Gasteiger partial charge in [-0.2, -0.15) is 0 Å². The van der Waals surface area contributed by atoms with Crippen LogP contribution in [0.2, 0.25) is 0 Å². The molecule has 0 radical (unpaired) electrons. The van der Waals surface area contributed by atoms with Crippen LogP contribution in [0.1, 0.15) is 18.3 Å². The molecule has 1 fully saturated rings. The molecule has 92 valence electrons. The molecule has 0 unspecified atom stereocenters. The second-order valence-electron chi connectivity index (χ2n) is 4.48. The predicted molar refractivity (Wildman–Crippen MR) is 66.4 cm³/mol. The lowest BCUT2D eigenvalue weighted by atomic mass is 10.0. The fourth-order valence-corrected chi connectivity index (χ4v) is 1.95. The van der Waals surface area contributed by atoms with E-state index < -0.39 is 0 Å². The van der Waals surface area contributed by atoms with Gasteiger partial charge in [0, 0.05) is 25.3 Å². The maximum atomic E-state index is 12.1. The molecule has 0 aliphatic carbocycles. The Morgan fingerprint density at radius 3 is 2.82 bits per heavy atom. The van der Waals surface area contributed by atoms with E-state index >= 15 is 0 Å². The van der Waals surface area contributed by atoms with Gasteiger partial charge in [-0.1, -0.05) is 6.07 Å². The number of hydrogen-bond donors (Lipinski definition) is 1. The van der Waals surface area contributed by atoms with Gasteiger partial charge in [0.25, 0.3) is 0 Å². The van der Waals surface area contributed by atoms with Crippen LogP contribution in [0.4, 0.5) is 0 Å². The van der Waals surface area contributed by atoms with E-state index in [9.17, 15) is 4.79 Å². The quantitative estimate of drug-likeness (QED) is 0.842. The van der Waals surface area contributed by atoms with Crippen LogP contribution in [-0.4, -0.2) is 35.4 Å². The Kier molecular flexibility index (Phi) is 3.74. The fourth-order valence-electron chi connectivity index (χ4n) is 1.95. The van der Waals surface area contributed by atoms with Gasteiger partial charge in [-0.25, -0.2) is 0 Å². The highest BCUT2D eigenvalue weighted by Gasteiger charge is 2.28. The normalized spacial score (nSPS) is 15.4. The monoisotopic (exact) mass is 233 g/mol. The van der Waals surface area contributed by atoms with Gasteiger partial charge in [-0.3, -0.25) is 9.78 Å². The maximum Gasteiger partial charge on any atom is 0.228 e. The predicted octanol–water partition coefficient (Wildman–Crippen LogP) is 0.958. The van der Waals surface area contributed by atoms with Crippen molar-refractivity contribution < 1.29 is 4.79 Å². The summed E-state index contributed by atoms with van der Waals surface area (Å²) in [6.45, 7) is 6.98. The van der Waals surface area contributed by atoms with E-state index in [2.05, 4.69) is 10.3 Å². The third kappa shape index (κ3) is 2.82. The summed E-state index contributed by atoms with van der Waals surface area (Å²) < 4.78 is 0. The molecule has 1 aromatic rings. The standard InChI is InChI=1S/C13H19N3O/c1-3-16(13(17)11-7-14-8-11)9-12-6-4-5-10(2)15-12/h4-6,11,14H,3,7-9H2,1-2H3. The molecule has 1 aliphatic rings. The molecule has 0 aromatic carbocycles. The van der Waals surface area contributed by atoms with Crippen molar-refractivity contribution in [3.63, 3.8) is 0 Å². The third-order valence-corrected chi connectivity index (χ3v) is 3.12. The number of nitrogens with zero attached hydrogens (tertiary/aromatic N) is 2. The van der Waals surface area contributed by atoms with Gasteiger partial charge in [0.05, 0.1) is 18.2 Å². The second kappa shape index (κ2) is 5.27. The number of amides is 1. The largest absolute Gasteiger partial charge is 0.337 e. The van der Waals surface area contributed by atoms with Crippen molar-refractivity contribution in [3.05, 3.63) is 29.6 Å². The van der Waals surface area contributed by atoms with Crippen molar-refractivity contribution in [1.82, 2.24) is 15.2 Å². The highest BCUT2D eigenvalue weighted by molar-refractivity contribution is 5.80. The highest BCUT2D eigenvalue weighted by atomic mass is 16.2. The third-order valence-electron chi connectivity index (χ3n) is 3.12. The van der Waals surface area contributed by atoms with E-state index in [0.717, 1.165) is 31.0 Å². The van der Waals surface area contributed by atoms with Crippen LogP contribution in [0.15, 0.2) is 18.2 Å². The van der Waals surface area contributed by atoms with Crippen LogP contribution in [0.25, 0.3) is 0 Å². The van der Waals surface area contributed by atoms with Gasteiger partial charge in [-0.15, -0.1) is 0 Å². The average molecular weight is 233 g/mol. The van der Waals surface area contributed by atoms with Crippen LogP contribution >= 0.6 is 0 Å². The number of carbonyl (C=O) groups excluding carboxylic acids is 1. The molecule has 1 aliphatic heterocycles. The summed E-state index contributed by atoms with van der Waals surface area (Å²) in [7, 11) is 0. The smallest absolute Gasteiger partial charge is 0.228 e. The Balaban J connectivity index is 2.01. The lowest BCUT2D eigenvalue weighted by molar-refractivity contribution is -0.137. The summed E-state index contributed by atoms with van der Waals surface area (Å²) >= 11 is 0. The number of nitrogens with one attached hydrogen (secondary N) is 1. The van der Waals surface area contributed by atoms with Gasteiger partial charge in [0.2, 0.25) is 5.91 Å². The molecule has 1 aromatic heterocycles. The molecule has 4 heteroatoms. The highest BCUT2D eigenvalue weighted by Crippen LogP contribution is 2.11. The topological polar surface area (TPSA) is 45.2 Å². The number of carbonyl (C=O) groups is 1. The first-order chi connectivity index (χ1) is 8.20. The number of hydrogen-bond acceptors (Lipinski definition) is 3.